The van der Waals surface area contributed by atoms with E-state index in [9.17, 15) is 19.8 Å². The molecule has 4 aromatic carbocycles. The Morgan fingerprint density at radius 3 is 2.11 bits per heavy atom. The molecule has 0 spiro atoms. The van der Waals surface area contributed by atoms with Crippen LogP contribution in [-0.2, 0) is 22.6 Å². The van der Waals surface area contributed by atoms with Gasteiger partial charge in [0.15, 0.2) is 6.29 Å². The van der Waals surface area contributed by atoms with Crippen molar-refractivity contribution in [2.45, 2.75) is 43.7 Å². The zero-order chi connectivity index (χ0) is 32.5. The van der Waals surface area contributed by atoms with Crippen molar-refractivity contribution >= 4 is 23.6 Å². The second-order valence-electron chi connectivity index (χ2n) is 11.5. The molecule has 0 aliphatic carbocycles. The Bertz CT molecular complexity index is 1860. The van der Waals surface area contributed by atoms with Gasteiger partial charge in [0, 0.05) is 17.2 Å². The van der Waals surface area contributed by atoms with Gasteiger partial charge in [-0.15, -0.1) is 5.10 Å². The number of aliphatic hydroxyl groups is 1. The summed E-state index contributed by atoms with van der Waals surface area (Å²) < 4.78 is 14.8. The van der Waals surface area contributed by atoms with Crippen LogP contribution in [0.1, 0.15) is 62.3 Å². The van der Waals surface area contributed by atoms with Crippen molar-refractivity contribution < 1.29 is 29.3 Å². The van der Waals surface area contributed by atoms with E-state index in [1.807, 2.05) is 48.5 Å². The first-order chi connectivity index (χ1) is 22.9. The monoisotopic (exact) mass is 649 g/mol. The average Bonchev–Trinajstić information content (AvgIpc) is 3.67. The van der Waals surface area contributed by atoms with Crippen LogP contribution in [0.25, 0.3) is 5.69 Å². The van der Waals surface area contributed by atoms with Gasteiger partial charge in [0.25, 0.3) is 11.8 Å². The number of hydrogen-bond donors (Lipinski definition) is 2. The van der Waals surface area contributed by atoms with E-state index in [0.29, 0.717) is 22.0 Å². The molecule has 12 heteroatoms. The fourth-order valence-electron chi connectivity index (χ4n) is 5.84. The van der Waals surface area contributed by atoms with Crippen molar-refractivity contribution in [1.29, 1.82) is 0 Å². The van der Waals surface area contributed by atoms with E-state index >= 15 is 0 Å². The van der Waals surface area contributed by atoms with Crippen molar-refractivity contribution in [3.63, 3.8) is 0 Å². The molecule has 1 aromatic heterocycles. The number of amides is 2. The van der Waals surface area contributed by atoms with E-state index in [-0.39, 0.29) is 48.8 Å². The second-order valence-corrected chi connectivity index (χ2v) is 12.5. The number of imide groups is 1. The molecule has 7 rings (SSSR count). The summed E-state index contributed by atoms with van der Waals surface area (Å²) in [7, 11) is 0. The van der Waals surface area contributed by atoms with E-state index in [4.69, 9.17) is 9.47 Å². The maximum atomic E-state index is 12.9. The van der Waals surface area contributed by atoms with Crippen molar-refractivity contribution in [2.75, 3.05) is 5.75 Å². The van der Waals surface area contributed by atoms with Gasteiger partial charge in [0.1, 0.15) is 5.75 Å². The number of phenols is 1. The van der Waals surface area contributed by atoms with Gasteiger partial charge in [0.05, 0.1) is 42.2 Å². The number of hydrogen-bond acceptors (Lipinski definition) is 10. The molecule has 4 atom stereocenters. The number of aromatic nitrogens is 4. The molecule has 2 aliphatic heterocycles. The summed E-state index contributed by atoms with van der Waals surface area (Å²) in [6.07, 6.45) is -1.26. The van der Waals surface area contributed by atoms with Gasteiger partial charge in [0.2, 0.25) is 5.16 Å². The molecule has 0 unspecified atom stereocenters. The number of carbonyl (C=O) groups excluding carboxylic acids is 2. The Morgan fingerprint density at radius 2 is 1.45 bits per heavy atom. The molecule has 2 N–H and O–H groups in total. The van der Waals surface area contributed by atoms with Gasteiger partial charge in [-0.1, -0.05) is 79.3 Å². The van der Waals surface area contributed by atoms with Gasteiger partial charge in [-0.05, 0) is 63.5 Å². The summed E-state index contributed by atoms with van der Waals surface area (Å²) in [6.45, 7) is 2.19. The molecule has 0 bridgehead atoms. The molecule has 238 valence electrons. The molecule has 3 heterocycles. The molecule has 2 amide bonds. The highest BCUT2D eigenvalue weighted by Crippen LogP contribution is 2.43. The third-order valence-electron chi connectivity index (χ3n) is 8.51. The summed E-state index contributed by atoms with van der Waals surface area (Å²) in [4.78, 5) is 27.0. The minimum absolute atomic E-state index is 0.0465. The van der Waals surface area contributed by atoms with Crippen LogP contribution in [0.5, 0.6) is 5.75 Å². The van der Waals surface area contributed by atoms with E-state index in [1.54, 1.807) is 53.2 Å². The van der Waals surface area contributed by atoms with Crippen LogP contribution in [0.2, 0.25) is 0 Å². The predicted molar refractivity (Wildman–Crippen MR) is 172 cm³/mol. The largest absolute Gasteiger partial charge is 0.508 e. The van der Waals surface area contributed by atoms with Crippen LogP contribution in [0.15, 0.2) is 102 Å². The lowest BCUT2D eigenvalue weighted by molar-refractivity contribution is -0.268. The summed E-state index contributed by atoms with van der Waals surface area (Å²) in [5.74, 6) is 0.0395. The molecule has 0 radical (unpaired) electrons. The maximum absolute atomic E-state index is 12.9. The molecule has 47 heavy (non-hydrogen) atoms. The smallest absolute Gasteiger partial charge is 0.261 e. The van der Waals surface area contributed by atoms with Gasteiger partial charge in [-0.25, -0.2) is 0 Å². The number of benzene rings is 4. The number of phenolic OH excluding ortho intramolecular Hbond substituents is 1. The molecule has 0 saturated carbocycles. The highest BCUT2D eigenvalue weighted by Gasteiger charge is 2.39. The van der Waals surface area contributed by atoms with Gasteiger partial charge in [-0.2, -0.15) is 4.68 Å². The minimum Gasteiger partial charge on any atom is -0.508 e. The molecule has 1 fully saturated rings. The fraction of sp³-hybridized carbons (Fsp3) is 0.229. The lowest BCUT2D eigenvalue weighted by Crippen LogP contribution is -2.38. The average molecular weight is 650 g/mol. The number of ether oxygens (including phenoxy) is 2. The summed E-state index contributed by atoms with van der Waals surface area (Å²) in [5, 5.41) is 32.0. The van der Waals surface area contributed by atoms with Crippen molar-refractivity contribution in [2.24, 2.45) is 5.92 Å². The Kier molecular flexibility index (Phi) is 8.56. The van der Waals surface area contributed by atoms with E-state index < -0.39 is 6.29 Å². The molecular formula is C35H31N5O6S. The third-order valence-corrected chi connectivity index (χ3v) is 9.51. The lowest BCUT2D eigenvalue weighted by Gasteiger charge is -2.41. The van der Waals surface area contributed by atoms with E-state index in [1.165, 1.54) is 16.7 Å². The quantitative estimate of drug-likeness (QED) is 0.161. The number of tetrazole rings is 1. The van der Waals surface area contributed by atoms with Gasteiger partial charge in [-0.3, -0.25) is 14.5 Å². The Hall–Kier alpha value is -4.88. The molecule has 2 aliphatic rings. The SMILES string of the molecule is C[C@H]1[C@@H](CSc2nnnn2-c2ccc(O)cc2)O[C@@H](c2ccc(CN3C(=O)c4ccccc4C3=O)cc2)O[C@H]1c1ccc(CO)cc1. The van der Waals surface area contributed by atoms with Crippen molar-refractivity contribution in [3.8, 4) is 11.4 Å². The summed E-state index contributed by atoms with van der Waals surface area (Å²) in [6, 6.07) is 28.8. The number of thioether (sulfide) groups is 1. The number of aromatic hydroxyl groups is 1. The second kappa shape index (κ2) is 13.1. The number of aliphatic hydroxyl groups excluding tert-OH is 1. The van der Waals surface area contributed by atoms with Crippen LogP contribution < -0.4 is 0 Å². The molecular weight excluding hydrogens is 618 g/mol. The van der Waals surface area contributed by atoms with Crippen molar-refractivity contribution in [3.05, 3.63) is 130 Å². The lowest BCUT2D eigenvalue weighted by atomic mass is 9.91. The van der Waals surface area contributed by atoms with Crippen molar-refractivity contribution in [1.82, 2.24) is 25.1 Å². The molecule has 5 aromatic rings. The Morgan fingerprint density at radius 1 is 0.809 bits per heavy atom. The topological polar surface area (TPSA) is 140 Å². The molecule has 11 nitrogen and oxygen atoms in total. The highest BCUT2D eigenvalue weighted by molar-refractivity contribution is 7.99. The Balaban J connectivity index is 1.11. The van der Waals surface area contributed by atoms with E-state index in [2.05, 4.69) is 22.4 Å². The highest BCUT2D eigenvalue weighted by atomic mass is 32.2. The number of carbonyl (C=O) groups is 2. The zero-order valence-electron chi connectivity index (χ0n) is 25.3. The summed E-state index contributed by atoms with van der Waals surface area (Å²) >= 11 is 1.46. The first-order valence-electron chi connectivity index (χ1n) is 15.1. The Labute approximate surface area is 274 Å². The third kappa shape index (κ3) is 6.15. The maximum Gasteiger partial charge on any atom is 0.261 e. The normalized spacial score (nSPS) is 20.9. The van der Waals surface area contributed by atoms with Crippen LogP contribution in [0.3, 0.4) is 0 Å². The minimum atomic E-state index is -0.694. The van der Waals surface area contributed by atoms with Crippen LogP contribution >= 0.6 is 11.8 Å². The van der Waals surface area contributed by atoms with Gasteiger partial charge < -0.3 is 19.7 Å². The van der Waals surface area contributed by atoms with Crippen LogP contribution in [0.4, 0.5) is 0 Å². The summed E-state index contributed by atoms with van der Waals surface area (Å²) in [5.41, 5.74) is 4.94. The number of nitrogens with zero attached hydrogens (tertiary/aromatic N) is 5. The fourth-order valence-corrected chi connectivity index (χ4v) is 6.89. The zero-order valence-corrected chi connectivity index (χ0v) is 26.2. The number of rotatable bonds is 9. The first-order valence-corrected chi connectivity index (χ1v) is 16.1. The predicted octanol–water partition coefficient (Wildman–Crippen LogP) is 5.24. The molecule has 1 saturated heterocycles. The van der Waals surface area contributed by atoms with Crippen LogP contribution in [0, 0.1) is 5.92 Å². The van der Waals surface area contributed by atoms with E-state index in [0.717, 1.165) is 27.9 Å². The number of fused-ring (bicyclic) bond motifs is 1. The van der Waals surface area contributed by atoms with Crippen LogP contribution in [-0.4, -0.2) is 59.0 Å². The van der Waals surface area contributed by atoms with Gasteiger partial charge >= 0.3 is 0 Å². The standard InChI is InChI=1S/C35H31N5O6S/c1-21-30(20-47-35-36-37-38-40(35)26-14-16-27(42)17-15-26)45-34(46-31(21)24-10-8-23(19-41)9-11-24)25-12-6-22(7-13-25)18-39-32(43)28-4-2-3-5-29(28)33(39)44/h2-17,21,30-31,34,41-42H,18-20H2,1H3/t21-,30+,31+,34+/m0/s1. The first kappa shape index (κ1) is 30.8.